The lowest BCUT2D eigenvalue weighted by molar-refractivity contribution is -0.120. The quantitative estimate of drug-likeness (QED) is 0.769. The van der Waals surface area contributed by atoms with Gasteiger partial charge >= 0.3 is 0 Å². The number of aromatic nitrogens is 1. The molecule has 2 aromatic carbocycles. The Bertz CT molecular complexity index is 1020. The largest absolute Gasteiger partial charge is 0.497 e. The number of nitriles is 1. The predicted molar refractivity (Wildman–Crippen MR) is 102 cm³/mol. The molecular formula is C19H16N4O2S. The first-order valence-corrected chi connectivity index (χ1v) is 8.98. The van der Waals surface area contributed by atoms with Crippen molar-refractivity contribution >= 4 is 38.3 Å². The molecule has 1 saturated heterocycles. The molecule has 3 aromatic rings. The van der Waals surface area contributed by atoms with Crippen LogP contribution >= 0.6 is 11.3 Å². The van der Waals surface area contributed by atoms with E-state index in [2.05, 4.69) is 21.3 Å². The van der Waals surface area contributed by atoms with E-state index in [1.807, 2.05) is 18.2 Å². The molecule has 0 atom stereocenters. The minimum atomic E-state index is -0.0812. The Labute approximate surface area is 154 Å². The summed E-state index contributed by atoms with van der Waals surface area (Å²) in [7, 11) is 1.65. The highest BCUT2D eigenvalue weighted by molar-refractivity contribution is 7.22. The molecule has 1 aromatic heterocycles. The van der Waals surface area contributed by atoms with Crippen LogP contribution in [0.1, 0.15) is 5.56 Å². The van der Waals surface area contributed by atoms with E-state index >= 15 is 0 Å². The zero-order valence-electron chi connectivity index (χ0n) is 14.1. The summed E-state index contributed by atoms with van der Waals surface area (Å²) >= 11 is 1.60. The van der Waals surface area contributed by atoms with Crippen molar-refractivity contribution in [2.75, 3.05) is 30.4 Å². The average Bonchev–Trinajstić information content (AvgIpc) is 3.02. The average molecular weight is 364 g/mol. The van der Waals surface area contributed by atoms with Crippen molar-refractivity contribution in [3.05, 3.63) is 48.0 Å². The molecule has 0 unspecified atom stereocenters. The molecule has 0 aliphatic carbocycles. The Balaban J connectivity index is 1.40. The molecule has 0 spiro atoms. The number of carbonyl (C=O) groups is 1. The van der Waals surface area contributed by atoms with Crippen LogP contribution in [0.5, 0.6) is 5.75 Å². The predicted octanol–water partition coefficient (Wildman–Crippen LogP) is 3.25. The standard InChI is InChI=1S/C19H16N4O2S/c1-25-15-5-6-16-17(8-15)26-19(22-16)23-10-13(11-23)18(24)21-14-4-2-3-12(7-14)9-20/h2-8,13H,10-11H2,1H3,(H,21,24). The number of amides is 1. The van der Waals surface area contributed by atoms with Crippen molar-refractivity contribution in [2.45, 2.75) is 0 Å². The third-order valence-corrected chi connectivity index (χ3v) is 5.45. The smallest absolute Gasteiger partial charge is 0.231 e. The Morgan fingerprint density at radius 2 is 2.19 bits per heavy atom. The van der Waals surface area contributed by atoms with Gasteiger partial charge in [-0.2, -0.15) is 5.26 Å². The third-order valence-electron chi connectivity index (χ3n) is 4.37. The van der Waals surface area contributed by atoms with Crippen LogP contribution in [0.4, 0.5) is 10.8 Å². The van der Waals surface area contributed by atoms with E-state index in [1.54, 1.807) is 42.7 Å². The second-order valence-corrected chi connectivity index (χ2v) is 7.12. The van der Waals surface area contributed by atoms with E-state index in [4.69, 9.17) is 10.00 Å². The normalized spacial score (nSPS) is 13.9. The van der Waals surface area contributed by atoms with Crippen molar-refractivity contribution in [2.24, 2.45) is 5.92 Å². The van der Waals surface area contributed by atoms with Crippen LogP contribution in [-0.4, -0.2) is 31.1 Å². The van der Waals surface area contributed by atoms with Gasteiger partial charge in [0.1, 0.15) is 5.75 Å². The van der Waals surface area contributed by atoms with Gasteiger partial charge in [-0.15, -0.1) is 0 Å². The molecule has 0 bridgehead atoms. The Hall–Kier alpha value is -3.11. The van der Waals surface area contributed by atoms with E-state index in [0.29, 0.717) is 24.3 Å². The molecule has 6 nitrogen and oxygen atoms in total. The fraction of sp³-hybridized carbons (Fsp3) is 0.211. The number of nitrogens with one attached hydrogen (secondary N) is 1. The molecule has 1 N–H and O–H groups in total. The van der Waals surface area contributed by atoms with E-state index in [-0.39, 0.29) is 11.8 Å². The first-order valence-electron chi connectivity index (χ1n) is 8.17. The number of hydrogen-bond donors (Lipinski definition) is 1. The number of anilines is 2. The Kier molecular flexibility index (Phi) is 4.19. The van der Waals surface area contributed by atoms with Crippen LogP contribution in [0.15, 0.2) is 42.5 Å². The summed E-state index contributed by atoms with van der Waals surface area (Å²) in [4.78, 5) is 19.1. The fourth-order valence-electron chi connectivity index (χ4n) is 2.87. The number of nitrogens with zero attached hydrogens (tertiary/aromatic N) is 3. The highest BCUT2D eigenvalue weighted by atomic mass is 32.1. The van der Waals surface area contributed by atoms with Crippen LogP contribution in [0.25, 0.3) is 10.2 Å². The number of hydrogen-bond acceptors (Lipinski definition) is 6. The van der Waals surface area contributed by atoms with Crippen LogP contribution in [0, 0.1) is 17.2 Å². The van der Waals surface area contributed by atoms with Crippen LogP contribution in [0.2, 0.25) is 0 Å². The molecule has 4 rings (SSSR count). The maximum atomic E-state index is 12.4. The van der Waals surface area contributed by atoms with Gasteiger partial charge in [0.15, 0.2) is 5.13 Å². The van der Waals surface area contributed by atoms with Crippen molar-refractivity contribution < 1.29 is 9.53 Å². The second-order valence-electron chi connectivity index (χ2n) is 6.11. The second kappa shape index (κ2) is 6.65. The molecule has 0 saturated carbocycles. The zero-order chi connectivity index (χ0) is 18.1. The van der Waals surface area contributed by atoms with Gasteiger partial charge in [0, 0.05) is 18.8 Å². The van der Waals surface area contributed by atoms with Gasteiger partial charge in [0.2, 0.25) is 5.91 Å². The van der Waals surface area contributed by atoms with Crippen LogP contribution in [-0.2, 0) is 4.79 Å². The van der Waals surface area contributed by atoms with E-state index < -0.39 is 0 Å². The summed E-state index contributed by atoms with van der Waals surface area (Å²) in [5.41, 5.74) is 2.12. The number of fused-ring (bicyclic) bond motifs is 1. The maximum absolute atomic E-state index is 12.4. The molecule has 1 fully saturated rings. The van der Waals surface area contributed by atoms with Gasteiger partial charge in [-0.3, -0.25) is 4.79 Å². The lowest BCUT2D eigenvalue weighted by Gasteiger charge is -2.37. The third kappa shape index (κ3) is 3.07. The lowest BCUT2D eigenvalue weighted by atomic mass is 10.00. The molecule has 1 aliphatic heterocycles. The zero-order valence-corrected chi connectivity index (χ0v) is 14.9. The molecule has 0 radical (unpaired) electrons. The van der Waals surface area contributed by atoms with Crippen LogP contribution in [0.3, 0.4) is 0 Å². The molecule has 1 amide bonds. The summed E-state index contributed by atoms with van der Waals surface area (Å²) < 4.78 is 6.32. The monoisotopic (exact) mass is 364 g/mol. The van der Waals surface area contributed by atoms with Crippen molar-refractivity contribution in [1.82, 2.24) is 4.98 Å². The van der Waals surface area contributed by atoms with Gasteiger partial charge < -0.3 is 15.0 Å². The lowest BCUT2D eigenvalue weighted by Crippen LogP contribution is -2.52. The van der Waals surface area contributed by atoms with E-state index in [0.717, 1.165) is 21.1 Å². The first kappa shape index (κ1) is 16.4. The molecule has 7 heteroatoms. The van der Waals surface area contributed by atoms with Crippen LogP contribution < -0.4 is 15.0 Å². The Morgan fingerprint density at radius 3 is 2.96 bits per heavy atom. The molecule has 2 heterocycles. The summed E-state index contributed by atoms with van der Waals surface area (Å²) in [6, 6.07) is 14.8. The molecule has 130 valence electrons. The van der Waals surface area contributed by atoms with E-state index in [1.165, 1.54) is 0 Å². The summed E-state index contributed by atoms with van der Waals surface area (Å²) in [6.07, 6.45) is 0. The fourth-order valence-corrected chi connectivity index (χ4v) is 3.88. The number of carbonyl (C=O) groups excluding carboxylic acids is 1. The highest BCUT2D eigenvalue weighted by Gasteiger charge is 2.34. The van der Waals surface area contributed by atoms with Gasteiger partial charge in [-0.1, -0.05) is 17.4 Å². The van der Waals surface area contributed by atoms with Crippen molar-refractivity contribution in [3.8, 4) is 11.8 Å². The van der Waals surface area contributed by atoms with E-state index in [9.17, 15) is 4.79 Å². The Morgan fingerprint density at radius 1 is 1.35 bits per heavy atom. The SMILES string of the molecule is COc1ccc2nc(N3CC(C(=O)Nc4cccc(C#N)c4)C3)sc2c1. The van der Waals surface area contributed by atoms with Crippen molar-refractivity contribution in [1.29, 1.82) is 5.26 Å². The number of thiazole rings is 1. The topological polar surface area (TPSA) is 78.2 Å². The number of ether oxygens (including phenoxy) is 1. The number of rotatable bonds is 4. The summed E-state index contributed by atoms with van der Waals surface area (Å²) in [5, 5.41) is 12.7. The number of benzene rings is 2. The summed E-state index contributed by atoms with van der Waals surface area (Å²) in [5.74, 6) is 0.703. The minimum Gasteiger partial charge on any atom is -0.497 e. The van der Waals surface area contributed by atoms with Crippen molar-refractivity contribution in [3.63, 3.8) is 0 Å². The molecule has 1 aliphatic rings. The van der Waals surface area contributed by atoms with Gasteiger partial charge in [0.25, 0.3) is 0 Å². The van der Waals surface area contributed by atoms with Gasteiger partial charge in [-0.05, 0) is 36.4 Å². The van der Waals surface area contributed by atoms with Gasteiger partial charge in [-0.25, -0.2) is 4.98 Å². The molecular weight excluding hydrogens is 348 g/mol. The minimum absolute atomic E-state index is 0.0286. The number of methoxy groups -OCH3 is 1. The first-order chi connectivity index (χ1) is 12.7. The maximum Gasteiger partial charge on any atom is 0.231 e. The summed E-state index contributed by atoms with van der Waals surface area (Å²) in [6.45, 7) is 1.28. The van der Waals surface area contributed by atoms with Gasteiger partial charge in [0.05, 0.1) is 34.9 Å². The highest BCUT2D eigenvalue weighted by Crippen LogP contribution is 2.34. The molecule has 26 heavy (non-hydrogen) atoms.